The largest absolute Gasteiger partial charge is 0.496 e. The second-order valence-corrected chi connectivity index (χ2v) is 6.19. The van der Waals surface area contributed by atoms with Gasteiger partial charge in [0.2, 0.25) is 0 Å². The van der Waals surface area contributed by atoms with E-state index in [0.717, 1.165) is 25.4 Å². The van der Waals surface area contributed by atoms with Crippen molar-refractivity contribution >= 4 is 0 Å². The van der Waals surface area contributed by atoms with Gasteiger partial charge in [0.05, 0.1) is 13.2 Å². The van der Waals surface area contributed by atoms with Crippen LogP contribution >= 0.6 is 0 Å². The molecule has 0 amide bonds. The molecular weight excluding hydrogens is 262 g/mol. The zero-order chi connectivity index (χ0) is 15.2. The topological polar surface area (TPSA) is 21.7 Å². The molecule has 3 heteroatoms. The summed E-state index contributed by atoms with van der Waals surface area (Å²) in [7, 11) is 3.94. The summed E-state index contributed by atoms with van der Waals surface area (Å²) in [6.07, 6.45) is 5.43. The van der Waals surface area contributed by atoms with E-state index in [1.54, 1.807) is 7.11 Å². The molecule has 0 aliphatic carbocycles. The van der Waals surface area contributed by atoms with E-state index in [1.807, 2.05) is 0 Å². The third kappa shape index (κ3) is 4.45. The minimum atomic E-state index is 0.517. The quantitative estimate of drug-likeness (QED) is 0.764. The highest BCUT2D eigenvalue weighted by molar-refractivity contribution is 5.43. The van der Waals surface area contributed by atoms with Crippen LogP contribution in [0.15, 0.2) is 12.1 Å². The van der Waals surface area contributed by atoms with Gasteiger partial charge in [-0.25, -0.2) is 0 Å². The lowest BCUT2D eigenvalue weighted by molar-refractivity contribution is 0.0995. The Morgan fingerprint density at radius 3 is 2.76 bits per heavy atom. The first-order valence-electron chi connectivity index (χ1n) is 8.05. The lowest BCUT2D eigenvalue weighted by Crippen LogP contribution is -2.21. The average molecular weight is 291 g/mol. The van der Waals surface area contributed by atoms with Crippen molar-refractivity contribution in [2.45, 2.75) is 52.2 Å². The molecule has 1 heterocycles. The maximum Gasteiger partial charge on any atom is 0.122 e. The highest BCUT2D eigenvalue weighted by Gasteiger charge is 2.15. The van der Waals surface area contributed by atoms with E-state index in [1.165, 1.54) is 42.4 Å². The van der Waals surface area contributed by atoms with Crippen LogP contribution in [0.3, 0.4) is 0 Å². The summed E-state index contributed by atoms with van der Waals surface area (Å²) >= 11 is 0. The van der Waals surface area contributed by atoms with Gasteiger partial charge in [-0.05, 0) is 75.9 Å². The molecule has 0 N–H and O–H groups in total. The van der Waals surface area contributed by atoms with Crippen molar-refractivity contribution in [3.05, 3.63) is 28.8 Å². The van der Waals surface area contributed by atoms with E-state index in [-0.39, 0.29) is 0 Å². The lowest BCUT2D eigenvalue weighted by atomic mass is 10.0. The molecule has 0 unspecified atom stereocenters. The second kappa shape index (κ2) is 7.81. The SMILES string of the molecule is COc1ccc(CN(C)CCC[C@H]2CCCO2)c(C)c1C. The molecule has 0 radical (unpaired) electrons. The summed E-state index contributed by atoms with van der Waals surface area (Å²) < 4.78 is 11.1. The molecule has 0 aromatic heterocycles. The van der Waals surface area contributed by atoms with Crippen LogP contribution < -0.4 is 4.74 Å². The zero-order valence-electron chi connectivity index (χ0n) is 13.9. The molecule has 0 saturated carbocycles. The fraction of sp³-hybridized carbons (Fsp3) is 0.667. The smallest absolute Gasteiger partial charge is 0.122 e. The second-order valence-electron chi connectivity index (χ2n) is 6.19. The maximum atomic E-state index is 5.68. The van der Waals surface area contributed by atoms with Gasteiger partial charge in [0.15, 0.2) is 0 Å². The van der Waals surface area contributed by atoms with E-state index in [2.05, 4.69) is 37.9 Å². The Morgan fingerprint density at radius 1 is 1.29 bits per heavy atom. The molecule has 21 heavy (non-hydrogen) atoms. The van der Waals surface area contributed by atoms with Crippen molar-refractivity contribution in [3.63, 3.8) is 0 Å². The van der Waals surface area contributed by atoms with Crippen LogP contribution in [0.2, 0.25) is 0 Å². The van der Waals surface area contributed by atoms with Crippen LogP contribution in [0, 0.1) is 13.8 Å². The van der Waals surface area contributed by atoms with Gasteiger partial charge in [0.25, 0.3) is 0 Å². The minimum Gasteiger partial charge on any atom is -0.496 e. The first-order valence-corrected chi connectivity index (χ1v) is 8.05. The highest BCUT2D eigenvalue weighted by atomic mass is 16.5. The summed E-state index contributed by atoms with van der Waals surface area (Å²) in [6, 6.07) is 4.27. The fourth-order valence-corrected chi connectivity index (χ4v) is 3.08. The van der Waals surface area contributed by atoms with Gasteiger partial charge in [-0.15, -0.1) is 0 Å². The zero-order valence-corrected chi connectivity index (χ0v) is 13.9. The number of nitrogens with zero attached hydrogens (tertiary/aromatic N) is 1. The molecule has 2 rings (SSSR count). The lowest BCUT2D eigenvalue weighted by Gasteiger charge is -2.20. The normalized spacial score (nSPS) is 18.4. The molecule has 0 spiro atoms. The fourth-order valence-electron chi connectivity index (χ4n) is 3.08. The van der Waals surface area contributed by atoms with Crippen LogP contribution in [-0.4, -0.2) is 38.3 Å². The van der Waals surface area contributed by atoms with Crippen LogP contribution in [0.1, 0.15) is 42.4 Å². The molecule has 118 valence electrons. The number of hydrogen-bond donors (Lipinski definition) is 0. The molecule has 1 aliphatic heterocycles. The predicted octanol–water partition coefficient (Wildman–Crippen LogP) is 3.70. The summed E-state index contributed by atoms with van der Waals surface area (Å²) in [5, 5.41) is 0. The summed E-state index contributed by atoms with van der Waals surface area (Å²) in [5.74, 6) is 0.984. The summed E-state index contributed by atoms with van der Waals surface area (Å²) in [6.45, 7) is 7.42. The van der Waals surface area contributed by atoms with E-state index >= 15 is 0 Å². The van der Waals surface area contributed by atoms with E-state index in [9.17, 15) is 0 Å². The van der Waals surface area contributed by atoms with Crippen molar-refractivity contribution < 1.29 is 9.47 Å². The van der Waals surface area contributed by atoms with Gasteiger partial charge in [-0.2, -0.15) is 0 Å². The summed E-state index contributed by atoms with van der Waals surface area (Å²) in [5.41, 5.74) is 4.00. The predicted molar refractivity (Wildman–Crippen MR) is 87.0 cm³/mol. The third-order valence-electron chi connectivity index (χ3n) is 4.60. The summed E-state index contributed by atoms with van der Waals surface area (Å²) in [4.78, 5) is 2.41. The Balaban J connectivity index is 1.81. The molecule has 1 saturated heterocycles. The average Bonchev–Trinajstić information content (AvgIpc) is 2.97. The molecule has 1 atom stereocenters. The van der Waals surface area contributed by atoms with Gasteiger partial charge >= 0.3 is 0 Å². The third-order valence-corrected chi connectivity index (χ3v) is 4.60. The Hall–Kier alpha value is -1.06. The number of ether oxygens (including phenoxy) is 2. The van der Waals surface area contributed by atoms with Gasteiger partial charge in [0.1, 0.15) is 5.75 Å². The van der Waals surface area contributed by atoms with Gasteiger partial charge in [-0.1, -0.05) is 6.07 Å². The number of methoxy groups -OCH3 is 1. The number of rotatable bonds is 7. The van der Waals surface area contributed by atoms with Gasteiger partial charge in [-0.3, -0.25) is 0 Å². The van der Waals surface area contributed by atoms with Gasteiger partial charge in [0, 0.05) is 13.2 Å². The van der Waals surface area contributed by atoms with Crippen molar-refractivity contribution in [3.8, 4) is 5.75 Å². The van der Waals surface area contributed by atoms with Crippen LogP contribution in [0.4, 0.5) is 0 Å². The van der Waals surface area contributed by atoms with Crippen molar-refractivity contribution in [1.29, 1.82) is 0 Å². The molecule has 1 aliphatic rings. The van der Waals surface area contributed by atoms with Crippen LogP contribution in [0.5, 0.6) is 5.75 Å². The molecule has 1 aromatic rings. The standard InChI is InChI=1S/C18H29NO2/c1-14-15(2)18(20-4)10-9-16(14)13-19(3)11-5-7-17-8-6-12-21-17/h9-10,17H,5-8,11-13H2,1-4H3/t17-/m0/s1. The molecule has 0 bridgehead atoms. The Kier molecular flexibility index (Phi) is 6.07. The Morgan fingerprint density at radius 2 is 2.10 bits per heavy atom. The molecule has 1 fully saturated rings. The van der Waals surface area contributed by atoms with E-state index in [4.69, 9.17) is 9.47 Å². The van der Waals surface area contributed by atoms with E-state index in [0.29, 0.717) is 6.10 Å². The number of hydrogen-bond acceptors (Lipinski definition) is 3. The minimum absolute atomic E-state index is 0.517. The Bertz CT molecular complexity index is 453. The van der Waals surface area contributed by atoms with E-state index < -0.39 is 0 Å². The van der Waals surface area contributed by atoms with Gasteiger partial charge < -0.3 is 14.4 Å². The van der Waals surface area contributed by atoms with Crippen LogP contribution in [-0.2, 0) is 11.3 Å². The first-order chi connectivity index (χ1) is 10.1. The van der Waals surface area contributed by atoms with Crippen LogP contribution in [0.25, 0.3) is 0 Å². The monoisotopic (exact) mass is 291 g/mol. The highest BCUT2D eigenvalue weighted by Crippen LogP contribution is 2.24. The first kappa shape index (κ1) is 16.3. The number of benzene rings is 1. The maximum absolute atomic E-state index is 5.68. The van der Waals surface area contributed by atoms with Crippen molar-refractivity contribution in [2.75, 3.05) is 27.3 Å². The molecular formula is C18H29NO2. The molecule has 3 nitrogen and oxygen atoms in total. The Labute approximate surface area is 129 Å². The van der Waals surface area contributed by atoms with Crippen molar-refractivity contribution in [1.82, 2.24) is 4.90 Å². The van der Waals surface area contributed by atoms with Crippen molar-refractivity contribution in [2.24, 2.45) is 0 Å². The molecule has 1 aromatic carbocycles.